The molecule has 1 aliphatic heterocycles. The Kier molecular flexibility index (Phi) is 4.85. The molecule has 128 valence electrons. The number of quaternary nitrogens is 1. The van der Waals surface area contributed by atoms with Crippen molar-refractivity contribution in [1.82, 2.24) is 0 Å². The standard InChI is InChI=1S/C18H21NO5/c1-22-14-3-4-15-13(9-17(20)24-16(15)10-14)11-19-7-5-12(6-8-19)18(21)23-2/h3-4,9-10,12H,5-8,11H2,1-2H3/p+1. The van der Waals surface area contributed by atoms with Crippen molar-refractivity contribution >= 4 is 16.9 Å². The number of esters is 1. The van der Waals surface area contributed by atoms with Gasteiger partial charge in [0.2, 0.25) is 0 Å². The Hall–Kier alpha value is -2.34. The van der Waals surface area contributed by atoms with Crippen LogP contribution in [0.4, 0.5) is 0 Å². The smallest absolute Gasteiger partial charge is 0.336 e. The highest BCUT2D eigenvalue weighted by Gasteiger charge is 2.28. The Labute approximate surface area is 140 Å². The van der Waals surface area contributed by atoms with Crippen LogP contribution in [0, 0.1) is 5.92 Å². The molecule has 0 unspecified atom stereocenters. The second kappa shape index (κ2) is 7.05. The number of methoxy groups -OCH3 is 2. The summed E-state index contributed by atoms with van der Waals surface area (Å²) in [6.45, 7) is 2.51. The van der Waals surface area contributed by atoms with Gasteiger partial charge in [0.25, 0.3) is 0 Å². The number of carbonyl (C=O) groups is 1. The van der Waals surface area contributed by atoms with E-state index >= 15 is 0 Å². The number of ether oxygens (including phenoxy) is 2. The average molecular weight is 332 g/mol. The topological polar surface area (TPSA) is 70.2 Å². The van der Waals surface area contributed by atoms with Gasteiger partial charge >= 0.3 is 11.6 Å². The van der Waals surface area contributed by atoms with Gasteiger partial charge in [0, 0.05) is 35.9 Å². The molecule has 2 heterocycles. The van der Waals surface area contributed by atoms with Crippen molar-refractivity contribution in [3.8, 4) is 5.75 Å². The quantitative estimate of drug-likeness (QED) is 0.661. The first-order valence-electron chi connectivity index (χ1n) is 8.13. The maximum atomic E-state index is 11.8. The monoisotopic (exact) mass is 332 g/mol. The molecule has 0 aliphatic carbocycles. The van der Waals surface area contributed by atoms with Crippen molar-refractivity contribution < 1.29 is 23.6 Å². The van der Waals surface area contributed by atoms with Crippen molar-refractivity contribution in [3.63, 3.8) is 0 Å². The third-order valence-electron chi connectivity index (χ3n) is 4.71. The number of piperidine rings is 1. The number of rotatable bonds is 4. The van der Waals surface area contributed by atoms with Gasteiger partial charge in [-0.15, -0.1) is 0 Å². The van der Waals surface area contributed by atoms with Gasteiger partial charge in [0.15, 0.2) is 0 Å². The van der Waals surface area contributed by atoms with Gasteiger partial charge in [0.1, 0.15) is 17.9 Å². The number of hydrogen-bond donors (Lipinski definition) is 1. The lowest BCUT2D eigenvalue weighted by Gasteiger charge is -2.28. The van der Waals surface area contributed by atoms with E-state index in [0.29, 0.717) is 11.3 Å². The fraction of sp³-hybridized carbons (Fsp3) is 0.444. The van der Waals surface area contributed by atoms with E-state index in [1.165, 1.54) is 12.0 Å². The number of likely N-dealkylation sites (tertiary alicyclic amines) is 1. The molecule has 0 bridgehead atoms. The zero-order valence-corrected chi connectivity index (χ0v) is 14.0. The van der Waals surface area contributed by atoms with Crippen LogP contribution in [0.1, 0.15) is 18.4 Å². The van der Waals surface area contributed by atoms with Crippen molar-refractivity contribution in [3.05, 3.63) is 40.2 Å². The highest BCUT2D eigenvalue weighted by Crippen LogP contribution is 2.22. The summed E-state index contributed by atoms with van der Waals surface area (Å²) in [4.78, 5) is 24.8. The number of fused-ring (bicyclic) bond motifs is 1. The summed E-state index contributed by atoms with van der Waals surface area (Å²) in [5.41, 5.74) is 1.16. The summed E-state index contributed by atoms with van der Waals surface area (Å²) < 4.78 is 15.3. The minimum absolute atomic E-state index is 0.000554. The minimum Gasteiger partial charge on any atom is -0.497 e. The van der Waals surface area contributed by atoms with E-state index in [1.54, 1.807) is 19.2 Å². The van der Waals surface area contributed by atoms with Crippen LogP contribution in [-0.4, -0.2) is 33.3 Å². The fourth-order valence-corrected chi connectivity index (χ4v) is 3.36. The van der Waals surface area contributed by atoms with Crippen LogP contribution in [0.5, 0.6) is 5.75 Å². The van der Waals surface area contributed by atoms with E-state index < -0.39 is 0 Å². The lowest BCUT2D eigenvalue weighted by molar-refractivity contribution is -0.919. The van der Waals surface area contributed by atoms with Gasteiger partial charge < -0.3 is 18.8 Å². The van der Waals surface area contributed by atoms with E-state index in [4.69, 9.17) is 13.9 Å². The summed E-state index contributed by atoms with van der Waals surface area (Å²) >= 11 is 0. The first-order chi connectivity index (χ1) is 11.6. The number of benzene rings is 1. The molecule has 0 saturated carbocycles. The molecular formula is C18H22NO5+. The summed E-state index contributed by atoms with van der Waals surface area (Å²) in [6.07, 6.45) is 1.63. The van der Waals surface area contributed by atoms with Crippen molar-refractivity contribution in [2.75, 3.05) is 27.3 Å². The van der Waals surface area contributed by atoms with Crippen LogP contribution >= 0.6 is 0 Å². The Morgan fingerprint density at radius 2 is 2.00 bits per heavy atom. The molecule has 0 radical (unpaired) electrons. The Balaban J connectivity index is 1.78. The molecule has 3 rings (SSSR count). The summed E-state index contributed by atoms with van der Waals surface area (Å²) in [6, 6.07) is 7.09. The van der Waals surface area contributed by atoms with E-state index in [0.717, 1.165) is 43.4 Å². The Morgan fingerprint density at radius 1 is 1.25 bits per heavy atom. The molecule has 0 atom stereocenters. The van der Waals surface area contributed by atoms with Gasteiger partial charge in [0.05, 0.1) is 33.2 Å². The van der Waals surface area contributed by atoms with Crippen LogP contribution in [-0.2, 0) is 16.1 Å². The van der Waals surface area contributed by atoms with Crippen molar-refractivity contribution in [2.45, 2.75) is 19.4 Å². The van der Waals surface area contributed by atoms with Crippen LogP contribution in [0.25, 0.3) is 11.0 Å². The molecule has 2 aromatic rings. The SMILES string of the molecule is COC(=O)C1CC[NH+](Cc2cc(=O)oc3cc(OC)ccc23)CC1. The van der Waals surface area contributed by atoms with Gasteiger partial charge in [-0.1, -0.05) is 0 Å². The first kappa shape index (κ1) is 16.5. The van der Waals surface area contributed by atoms with E-state index in [1.807, 2.05) is 12.1 Å². The molecule has 1 saturated heterocycles. The van der Waals surface area contributed by atoms with Gasteiger partial charge in [-0.2, -0.15) is 0 Å². The molecule has 1 N–H and O–H groups in total. The molecule has 1 aromatic carbocycles. The summed E-state index contributed by atoms with van der Waals surface area (Å²) in [7, 11) is 3.02. The van der Waals surface area contributed by atoms with Crippen LogP contribution < -0.4 is 15.3 Å². The van der Waals surface area contributed by atoms with E-state index in [2.05, 4.69) is 0 Å². The molecule has 1 fully saturated rings. The minimum atomic E-state index is -0.352. The van der Waals surface area contributed by atoms with Crippen molar-refractivity contribution in [1.29, 1.82) is 0 Å². The Bertz CT molecular complexity index is 790. The molecule has 6 nitrogen and oxygen atoms in total. The van der Waals surface area contributed by atoms with Crippen LogP contribution in [0.15, 0.2) is 33.5 Å². The normalized spacial score (nSPS) is 20.8. The maximum Gasteiger partial charge on any atom is 0.336 e. The predicted molar refractivity (Wildman–Crippen MR) is 88.2 cm³/mol. The number of hydrogen-bond acceptors (Lipinski definition) is 5. The third-order valence-corrected chi connectivity index (χ3v) is 4.71. The highest BCUT2D eigenvalue weighted by atomic mass is 16.5. The largest absolute Gasteiger partial charge is 0.497 e. The number of carbonyl (C=O) groups excluding carboxylic acids is 1. The molecule has 1 aliphatic rings. The molecule has 24 heavy (non-hydrogen) atoms. The zero-order valence-electron chi connectivity index (χ0n) is 14.0. The average Bonchev–Trinajstić information content (AvgIpc) is 2.61. The second-order valence-electron chi connectivity index (χ2n) is 6.18. The maximum absolute atomic E-state index is 11.8. The molecule has 0 amide bonds. The van der Waals surface area contributed by atoms with Gasteiger partial charge in [-0.25, -0.2) is 4.79 Å². The van der Waals surface area contributed by atoms with E-state index in [-0.39, 0.29) is 17.5 Å². The van der Waals surface area contributed by atoms with Crippen molar-refractivity contribution in [2.24, 2.45) is 5.92 Å². The molecule has 0 spiro atoms. The van der Waals surface area contributed by atoms with Crippen LogP contribution in [0.3, 0.4) is 0 Å². The third kappa shape index (κ3) is 3.43. The highest BCUT2D eigenvalue weighted by molar-refractivity contribution is 5.81. The zero-order chi connectivity index (χ0) is 17.1. The molecule has 6 heteroatoms. The second-order valence-corrected chi connectivity index (χ2v) is 6.18. The Morgan fingerprint density at radius 3 is 2.67 bits per heavy atom. The van der Waals surface area contributed by atoms with E-state index in [9.17, 15) is 9.59 Å². The summed E-state index contributed by atoms with van der Waals surface area (Å²) in [5.74, 6) is 0.543. The van der Waals surface area contributed by atoms with Gasteiger partial charge in [-0.3, -0.25) is 4.79 Å². The first-order valence-corrected chi connectivity index (χ1v) is 8.13. The summed E-state index contributed by atoms with van der Waals surface area (Å²) in [5, 5.41) is 0.929. The van der Waals surface area contributed by atoms with Crippen LogP contribution in [0.2, 0.25) is 0 Å². The molecular weight excluding hydrogens is 310 g/mol. The predicted octanol–water partition coefficient (Wildman–Crippen LogP) is 0.770. The fourth-order valence-electron chi connectivity index (χ4n) is 3.36. The number of nitrogens with one attached hydrogen (secondary N) is 1. The lowest BCUT2D eigenvalue weighted by atomic mass is 9.96. The van der Waals surface area contributed by atoms with Gasteiger partial charge in [-0.05, 0) is 12.1 Å². The molecule has 1 aromatic heterocycles. The lowest BCUT2D eigenvalue weighted by Crippen LogP contribution is -3.11.